The molecule has 2 heterocycles. The summed E-state index contributed by atoms with van der Waals surface area (Å²) in [6.45, 7) is 3.59. The van der Waals surface area contributed by atoms with Gasteiger partial charge in [0, 0.05) is 6.54 Å². The van der Waals surface area contributed by atoms with E-state index in [-0.39, 0.29) is 12.1 Å². The number of hydrogen-bond acceptors (Lipinski definition) is 3. The van der Waals surface area contributed by atoms with E-state index in [0.717, 1.165) is 11.1 Å². The highest BCUT2D eigenvalue weighted by atomic mass is 35.5. The van der Waals surface area contributed by atoms with E-state index >= 15 is 0 Å². The Morgan fingerprint density at radius 2 is 2.32 bits per heavy atom. The van der Waals surface area contributed by atoms with E-state index < -0.39 is 0 Å². The summed E-state index contributed by atoms with van der Waals surface area (Å²) in [6.07, 6.45) is -0.0573. The van der Waals surface area contributed by atoms with E-state index in [1.165, 1.54) is 0 Å². The van der Waals surface area contributed by atoms with Gasteiger partial charge in [0.05, 0.1) is 23.9 Å². The van der Waals surface area contributed by atoms with Gasteiger partial charge >= 0.3 is 6.03 Å². The fraction of sp³-hybridized carbons (Fsp3) is 0.312. The number of hydrogen-bond donors (Lipinski definition) is 1. The molecule has 1 aliphatic heterocycles. The van der Waals surface area contributed by atoms with Gasteiger partial charge in [-0.05, 0) is 40.9 Å². The summed E-state index contributed by atoms with van der Waals surface area (Å²) >= 11 is 7.80. The van der Waals surface area contributed by atoms with Gasteiger partial charge in [-0.3, -0.25) is 0 Å². The number of carbonyl (C=O) groups is 1. The Kier molecular flexibility index (Phi) is 4.66. The van der Waals surface area contributed by atoms with Crippen LogP contribution >= 0.6 is 22.9 Å². The summed E-state index contributed by atoms with van der Waals surface area (Å²) in [5.41, 5.74) is 2.74. The van der Waals surface area contributed by atoms with Crippen LogP contribution in [0.25, 0.3) is 0 Å². The third-order valence-corrected chi connectivity index (χ3v) is 4.74. The summed E-state index contributed by atoms with van der Waals surface area (Å²) < 4.78 is 5.76. The van der Waals surface area contributed by atoms with Crippen LogP contribution in [0.3, 0.4) is 0 Å². The molecular formula is C16H17ClN2O2S. The van der Waals surface area contributed by atoms with Crippen LogP contribution < -0.4 is 5.32 Å². The monoisotopic (exact) mass is 336 g/mol. The standard InChI is InChI=1S/C16H17ClN2O2S/c1-11-3-2-4-13(17)15(11)18-16(20)19-6-7-21-14(9-19)12-5-8-22-10-12/h2-5,8,10,14H,6-7,9H2,1H3,(H,18,20)/t14-/m1/s1. The van der Waals surface area contributed by atoms with E-state index in [4.69, 9.17) is 16.3 Å². The Hall–Kier alpha value is -1.56. The molecule has 0 unspecified atom stereocenters. The Bertz CT molecular complexity index is 640. The van der Waals surface area contributed by atoms with Gasteiger partial charge in [-0.15, -0.1) is 0 Å². The van der Waals surface area contributed by atoms with Gasteiger partial charge in [0.2, 0.25) is 0 Å². The molecule has 2 amide bonds. The quantitative estimate of drug-likeness (QED) is 0.887. The highest BCUT2D eigenvalue weighted by Gasteiger charge is 2.26. The number of para-hydroxylation sites is 1. The molecule has 116 valence electrons. The first-order valence-corrected chi connectivity index (χ1v) is 8.42. The zero-order chi connectivity index (χ0) is 15.5. The second-order valence-corrected chi connectivity index (χ2v) is 6.41. The predicted molar refractivity (Wildman–Crippen MR) is 89.8 cm³/mol. The number of morpholine rings is 1. The maximum Gasteiger partial charge on any atom is 0.322 e. The van der Waals surface area contributed by atoms with Crippen molar-refractivity contribution >= 4 is 34.7 Å². The molecule has 1 N–H and O–H groups in total. The van der Waals surface area contributed by atoms with Gasteiger partial charge in [-0.25, -0.2) is 4.79 Å². The first-order valence-electron chi connectivity index (χ1n) is 7.10. The number of amides is 2. The number of rotatable bonds is 2. The summed E-state index contributed by atoms with van der Waals surface area (Å²) in [7, 11) is 0. The fourth-order valence-electron chi connectivity index (χ4n) is 2.47. The van der Waals surface area contributed by atoms with E-state index in [1.54, 1.807) is 22.3 Å². The third-order valence-electron chi connectivity index (χ3n) is 3.72. The first kappa shape index (κ1) is 15.3. The van der Waals surface area contributed by atoms with Crippen molar-refractivity contribution in [2.24, 2.45) is 0 Å². The van der Waals surface area contributed by atoms with Crippen molar-refractivity contribution in [3.8, 4) is 0 Å². The average Bonchev–Trinajstić information content (AvgIpc) is 3.05. The SMILES string of the molecule is Cc1cccc(Cl)c1NC(=O)N1CCO[C@@H](c2ccsc2)C1. The zero-order valence-electron chi connectivity index (χ0n) is 12.2. The molecule has 1 atom stereocenters. The highest BCUT2D eigenvalue weighted by Crippen LogP contribution is 2.27. The molecule has 1 aromatic heterocycles. The van der Waals surface area contributed by atoms with Crippen molar-refractivity contribution in [2.75, 3.05) is 25.0 Å². The largest absolute Gasteiger partial charge is 0.370 e. The number of ether oxygens (including phenoxy) is 1. The average molecular weight is 337 g/mol. The molecule has 1 saturated heterocycles. The van der Waals surface area contributed by atoms with Crippen LogP contribution in [0.2, 0.25) is 5.02 Å². The van der Waals surface area contributed by atoms with E-state index in [2.05, 4.69) is 10.7 Å². The lowest BCUT2D eigenvalue weighted by Crippen LogP contribution is -2.44. The van der Waals surface area contributed by atoms with E-state index in [0.29, 0.717) is 30.4 Å². The summed E-state index contributed by atoms with van der Waals surface area (Å²) in [4.78, 5) is 14.3. The summed E-state index contributed by atoms with van der Waals surface area (Å²) in [6, 6.07) is 7.47. The minimum Gasteiger partial charge on any atom is -0.370 e. The van der Waals surface area contributed by atoms with Crippen molar-refractivity contribution < 1.29 is 9.53 Å². The van der Waals surface area contributed by atoms with Gasteiger partial charge in [0.25, 0.3) is 0 Å². The predicted octanol–water partition coefficient (Wildman–Crippen LogP) is 4.32. The molecule has 1 aliphatic rings. The topological polar surface area (TPSA) is 41.6 Å². The van der Waals surface area contributed by atoms with E-state index in [1.807, 2.05) is 30.5 Å². The number of nitrogens with zero attached hydrogens (tertiary/aromatic N) is 1. The number of nitrogens with one attached hydrogen (secondary N) is 1. The van der Waals surface area contributed by atoms with Crippen LogP contribution in [-0.4, -0.2) is 30.6 Å². The number of thiophene rings is 1. The smallest absolute Gasteiger partial charge is 0.322 e. The highest BCUT2D eigenvalue weighted by molar-refractivity contribution is 7.07. The number of aryl methyl sites for hydroxylation is 1. The van der Waals surface area contributed by atoms with Gasteiger partial charge in [-0.2, -0.15) is 11.3 Å². The van der Waals surface area contributed by atoms with Crippen molar-refractivity contribution in [3.05, 3.63) is 51.2 Å². The minimum atomic E-state index is -0.139. The molecule has 0 aliphatic carbocycles. The Morgan fingerprint density at radius 1 is 1.45 bits per heavy atom. The second kappa shape index (κ2) is 6.69. The van der Waals surface area contributed by atoms with Gasteiger partial charge in [0.15, 0.2) is 0 Å². The van der Waals surface area contributed by atoms with Crippen LogP contribution in [0, 0.1) is 6.92 Å². The van der Waals surface area contributed by atoms with Gasteiger partial charge < -0.3 is 15.0 Å². The molecule has 1 aromatic carbocycles. The molecule has 22 heavy (non-hydrogen) atoms. The van der Waals surface area contributed by atoms with Crippen molar-refractivity contribution in [3.63, 3.8) is 0 Å². The maximum absolute atomic E-state index is 12.5. The van der Waals surface area contributed by atoms with Gasteiger partial charge in [-0.1, -0.05) is 23.7 Å². The van der Waals surface area contributed by atoms with Crippen LogP contribution in [0.1, 0.15) is 17.2 Å². The molecule has 0 spiro atoms. The Labute approximate surface area is 138 Å². The molecule has 0 saturated carbocycles. The molecule has 1 fully saturated rings. The second-order valence-electron chi connectivity index (χ2n) is 5.22. The van der Waals surface area contributed by atoms with Crippen molar-refractivity contribution in [2.45, 2.75) is 13.0 Å². The van der Waals surface area contributed by atoms with Crippen LogP contribution in [-0.2, 0) is 4.74 Å². The lowest BCUT2D eigenvalue weighted by Gasteiger charge is -2.33. The van der Waals surface area contributed by atoms with Crippen LogP contribution in [0.15, 0.2) is 35.0 Å². The fourth-order valence-corrected chi connectivity index (χ4v) is 3.44. The Morgan fingerprint density at radius 3 is 3.05 bits per heavy atom. The lowest BCUT2D eigenvalue weighted by atomic mass is 10.1. The van der Waals surface area contributed by atoms with Gasteiger partial charge in [0.1, 0.15) is 6.10 Å². The molecule has 6 heteroatoms. The van der Waals surface area contributed by atoms with Crippen LogP contribution in [0.4, 0.5) is 10.5 Å². The summed E-state index contributed by atoms with van der Waals surface area (Å²) in [5, 5.41) is 7.55. The Balaban J connectivity index is 1.70. The maximum atomic E-state index is 12.5. The minimum absolute atomic E-state index is 0.0573. The molecule has 0 radical (unpaired) electrons. The molecule has 4 nitrogen and oxygen atoms in total. The summed E-state index contributed by atoms with van der Waals surface area (Å²) in [5.74, 6) is 0. The van der Waals surface area contributed by atoms with Crippen molar-refractivity contribution in [1.29, 1.82) is 0 Å². The normalized spacial score (nSPS) is 18.3. The number of benzene rings is 1. The molecule has 0 bridgehead atoms. The molecule has 2 aromatic rings. The molecular weight excluding hydrogens is 320 g/mol. The van der Waals surface area contributed by atoms with E-state index in [9.17, 15) is 4.79 Å². The zero-order valence-corrected chi connectivity index (χ0v) is 13.8. The third kappa shape index (κ3) is 3.27. The number of urea groups is 1. The number of carbonyl (C=O) groups excluding carboxylic acids is 1. The van der Waals surface area contributed by atoms with Crippen molar-refractivity contribution in [1.82, 2.24) is 4.90 Å². The lowest BCUT2D eigenvalue weighted by molar-refractivity contribution is -0.0132. The van der Waals surface area contributed by atoms with Crippen LogP contribution in [0.5, 0.6) is 0 Å². The number of anilines is 1. The number of halogens is 1. The molecule has 3 rings (SSSR count). The first-order chi connectivity index (χ1) is 10.6.